The van der Waals surface area contributed by atoms with Gasteiger partial charge in [-0.05, 0) is 37.5 Å². The molecule has 1 fully saturated rings. The van der Waals surface area contributed by atoms with E-state index in [0.29, 0.717) is 17.3 Å². The number of ether oxygens (including phenoxy) is 1. The Balaban J connectivity index is 1.83. The van der Waals surface area contributed by atoms with Crippen molar-refractivity contribution >= 4 is 16.8 Å². The maximum absolute atomic E-state index is 12.5. The third-order valence-electron chi connectivity index (χ3n) is 4.32. The van der Waals surface area contributed by atoms with Crippen LogP contribution in [0.2, 0.25) is 0 Å². The molecule has 0 saturated heterocycles. The highest BCUT2D eigenvalue weighted by Gasteiger charge is 2.33. The van der Waals surface area contributed by atoms with Crippen LogP contribution in [0.1, 0.15) is 29.8 Å². The van der Waals surface area contributed by atoms with E-state index in [-0.39, 0.29) is 23.4 Å². The van der Waals surface area contributed by atoms with E-state index in [1.807, 2.05) is 0 Å². The summed E-state index contributed by atoms with van der Waals surface area (Å²) in [6, 6.07) is 5.18. The maximum Gasteiger partial charge on any atom is 0.573 e. The highest BCUT2D eigenvalue weighted by molar-refractivity contribution is 5.98. The monoisotopic (exact) mass is 342 g/mol. The largest absolute Gasteiger partial charge is 0.573 e. The van der Waals surface area contributed by atoms with Gasteiger partial charge in [-0.25, -0.2) is 0 Å². The smallest absolute Gasteiger partial charge is 0.406 e. The lowest BCUT2D eigenvalue weighted by Crippen LogP contribution is -2.41. The van der Waals surface area contributed by atoms with Gasteiger partial charge in [0.25, 0.3) is 5.91 Å². The molecule has 5 nitrogen and oxygen atoms in total. The summed E-state index contributed by atoms with van der Waals surface area (Å²) in [5, 5.41) is 10.5. The normalized spacial score (nSPS) is 21.2. The molecule has 0 spiro atoms. The lowest BCUT2D eigenvalue weighted by molar-refractivity contribution is -0.274. The molecule has 1 aliphatic rings. The highest BCUT2D eigenvalue weighted by Crippen LogP contribution is 2.28. The number of carbonyl (C=O) groups excluding carboxylic acids is 1. The number of halogens is 3. The molecule has 1 heterocycles. The fourth-order valence-corrected chi connectivity index (χ4v) is 3.13. The van der Waals surface area contributed by atoms with Gasteiger partial charge >= 0.3 is 6.36 Å². The van der Waals surface area contributed by atoms with Crippen LogP contribution in [0, 0.1) is 0 Å². The molecule has 1 amide bonds. The standard InChI is InChI=1S/C16H17F3N2O3/c1-21(13-3-2-4-14(13)22)15(23)12-7-9-5-6-10(8-11(9)20-12)24-16(17,18)19/h5-8,13-14,20,22H,2-4H2,1H3/t13-,14-/m1/s1. The van der Waals surface area contributed by atoms with Crippen molar-refractivity contribution in [3.63, 3.8) is 0 Å². The molecule has 1 aromatic carbocycles. The summed E-state index contributed by atoms with van der Waals surface area (Å²) in [6.07, 6.45) is -3.07. The number of rotatable bonds is 3. The molecule has 0 aliphatic heterocycles. The minimum absolute atomic E-state index is 0.243. The van der Waals surface area contributed by atoms with E-state index in [4.69, 9.17) is 0 Å². The van der Waals surface area contributed by atoms with Crippen molar-refractivity contribution in [1.29, 1.82) is 0 Å². The van der Waals surface area contributed by atoms with Crippen LogP contribution in [0.25, 0.3) is 10.9 Å². The number of aromatic nitrogens is 1. The number of nitrogens with zero attached hydrogens (tertiary/aromatic N) is 1. The molecular weight excluding hydrogens is 325 g/mol. The van der Waals surface area contributed by atoms with Crippen LogP contribution in [0.15, 0.2) is 24.3 Å². The van der Waals surface area contributed by atoms with Crippen LogP contribution < -0.4 is 4.74 Å². The fourth-order valence-electron chi connectivity index (χ4n) is 3.13. The molecule has 1 saturated carbocycles. The fraction of sp³-hybridized carbons (Fsp3) is 0.438. The Bertz CT molecular complexity index is 757. The summed E-state index contributed by atoms with van der Waals surface area (Å²) in [5.41, 5.74) is 0.635. The molecule has 2 N–H and O–H groups in total. The van der Waals surface area contributed by atoms with Gasteiger partial charge in [-0.1, -0.05) is 0 Å². The third-order valence-corrected chi connectivity index (χ3v) is 4.32. The van der Waals surface area contributed by atoms with Crippen LogP contribution >= 0.6 is 0 Å². The SMILES string of the molecule is CN(C(=O)c1cc2ccc(OC(F)(F)F)cc2[nH]1)[C@@H]1CCC[C@H]1O. The average molecular weight is 342 g/mol. The van der Waals surface area contributed by atoms with Crippen molar-refractivity contribution in [3.05, 3.63) is 30.0 Å². The molecule has 1 aromatic heterocycles. The van der Waals surface area contributed by atoms with Crippen LogP contribution in [-0.2, 0) is 0 Å². The molecule has 0 unspecified atom stereocenters. The minimum atomic E-state index is -4.77. The predicted molar refractivity (Wildman–Crippen MR) is 80.7 cm³/mol. The third kappa shape index (κ3) is 3.33. The summed E-state index contributed by atoms with van der Waals surface area (Å²) in [5.74, 6) is -0.661. The second-order valence-electron chi connectivity index (χ2n) is 5.96. The first-order valence-electron chi connectivity index (χ1n) is 7.58. The number of aliphatic hydroxyl groups excluding tert-OH is 1. The van der Waals surface area contributed by atoms with Gasteiger partial charge in [0.2, 0.25) is 0 Å². The zero-order valence-corrected chi connectivity index (χ0v) is 12.9. The van der Waals surface area contributed by atoms with E-state index in [0.717, 1.165) is 12.8 Å². The average Bonchev–Trinajstić information content (AvgIpc) is 3.09. The van der Waals surface area contributed by atoms with E-state index in [1.165, 1.54) is 23.1 Å². The second-order valence-corrected chi connectivity index (χ2v) is 5.96. The minimum Gasteiger partial charge on any atom is -0.406 e. The van der Waals surface area contributed by atoms with Crippen molar-refractivity contribution < 1.29 is 27.8 Å². The Kier molecular flexibility index (Phi) is 4.16. The van der Waals surface area contributed by atoms with Crippen LogP contribution in [0.4, 0.5) is 13.2 Å². The molecule has 24 heavy (non-hydrogen) atoms. The van der Waals surface area contributed by atoms with E-state index in [1.54, 1.807) is 13.1 Å². The Morgan fingerprint density at radius 2 is 2.08 bits per heavy atom. The van der Waals surface area contributed by atoms with E-state index < -0.39 is 12.5 Å². The Hall–Kier alpha value is -2.22. The molecule has 3 rings (SSSR count). The first-order chi connectivity index (χ1) is 11.2. The lowest BCUT2D eigenvalue weighted by atomic mass is 10.1. The number of hydrogen-bond acceptors (Lipinski definition) is 3. The zero-order valence-electron chi connectivity index (χ0n) is 12.9. The van der Waals surface area contributed by atoms with Gasteiger partial charge in [0, 0.05) is 24.0 Å². The van der Waals surface area contributed by atoms with Crippen LogP contribution in [0.3, 0.4) is 0 Å². The predicted octanol–water partition coefficient (Wildman–Crippen LogP) is 3.05. The summed E-state index contributed by atoms with van der Waals surface area (Å²) >= 11 is 0. The van der Waals surface area contributed by atoms with Gasteiger partial charge in [-0.15, -0.1) is 13.2 Å². The number of amides is 1. The number of fused-ring (bicyclic) bond motifs is 1. The Morgan fingerprint density at radius 1 is 1.33 bits per heavy atom. The Labute approximate surface area is 136 Å². The van der Waals surface area contributed by atoms with Gasteiger partial charge < -0.3 is 19.7 Å². The van der Waals surface area contributed by atoms with E-state index >= 15 is 0 Å². The zero-order chi connectivity index (χ0) is 17.5. The molecule has 2 aromatic rings. The van der Waals surface area contributed by atoms with Crippen molar-refractivity contribution in [2.24, 2.45) is 0 Å². The summed E-state index contributed by atoms with van der Waals surface area (Å²) in [7, 11) is 1.62. The quantitative estimate of drug-likeness (QED) is 0.901. The molecule has 2 atom stereocenters. The van der Waals surface area contributed by atoms with E-state index in [9.17, 15) is 23.1 Å². The molecule has 0 radical (unpaired) electrons. The number of alkyl halides is 3. The summed E-state index contributed by atoms with van der Waals surface area (Å²) in [4.78, 5) is 16.8. The number of benzene rings is 1. The van der Waals surface area contributed by atoms with Crippen LogP contribution in [-0.4, -0.2) is 46.5 Å². The van der Waals surface area contributed by atoms with Crippen molar-refractivity contribution in [1.82, 2.24) is 9.88 Å². The van der Waals surface area contributed by atoms with Gasteiger partial charge in [0.15, 0.2) is 0 Å². The van der Waals surface area contributed by atoms with Crippen molar-refractivity contribution in [2.45, 2.75) is 37.8 Å². The van der Waals surface area contributed by atoms with Crippen molar-refractivity contribution in [3.8, 4) is 5.75 Å². The molecule has 1 aliphatic carbocycles. The van der Waals surface area contributed by atoms with Crippen molar-refractivity contribution in [2.75, 3.05) is 7.05 Å². The van der Waals surface area contributed by atoms with Gasteiger partial charge in [0.1, 0.15) is 11.4 Å². The number of hydrogen-bond donors (Lipinski definition) is 2. The van der Waals surface area contributed by atoms with Crippen LogP contribution in [0.5, 0.6) is 5.75 Å². The summed E-state index contributed by atoms with van der Waals surface area (Å²) < 4.78 is 40.7. The lowest BCUT2D eigenvalue weighted by Gasteiger charge is -2.26. The Morgan fingerprint density at radius 3 is 2.71 bits per heavy atom. The van der Waals surface area contributed by atoms with Gasteiger partial charge in [-0.3, -0.25) is 4.79 Å². The number of H-pyrrole nitrogens is 1. The second kappa shape index (κ2) is 6.01. The summed E-state index contributed by atoms with van der Waals surface area (Å²) in [6.45, 7) is 0. The first-order valence-corrected chi connectivity index (χ1v) is 7.58. The maximum atomic E-state index is 12.5. The van der Waals surface area contributed by atoms with Gasteiger partial charge in [-0.2, -0.15) is 0 Å². The topological polar surface area (TPSA) is 65.6 Å². The number of carbonyl (C=O) groups is 1. The number of aromatic amines is 1. The highest BCUT2D eigenvalue weighted by atomic mass is 19.4. The molecular formula is C16H17F3N2O3. The molecule has 0 bridgehead atoms. The molecule has 8 heteroatoms. The number of likely N-dealkylation sites (N-methyl/N-ethyl adjacent to an activating group) is 1. The molecule has 130 valence electrons. The number of aliphatic hydroxyl groups is 1. The first kappa shape index (κ1) is 16.6. The number of nitrogens with one attached hydrogen (secondary N) is 1. The van der Waals surface area contributed by atoms with E-state index in [2.05, 4.69) is 9.72 Å². The van der Waals surface area contributed by atoms with Gasteiger partial charge in [0.05, 0.1) is 12.1 Å².